The van der Waals surface area contributed by atoms with Crippen LogP contribution in [0.2, 0.25) is 0 Å². The smallest absolute Gasteiger partial charge is 0.330 e. The first-order valence-electron chi connectivity index (χ1n) is 14.8. The first-order valence-corrected chi connectivity index (χ1v) is 14.8. The van der Waals surface area contributed by atoms with Crippen LogP contribution in [-0.2, 0) is 19.1 Å². The highest BCUT2D eigenvalue weighted by atomic mass is 16.5. The predicted molar refractivity (Wildman–Crippen MR) is 143 cm³/mol. The molecule has 5 fully saturated rings. The summed E-state index contributed by atoms with van der Waals surface area (Å²) in [7, 11) is 0. The lowest BCUT2D eigenvalue weighted by Crippen LogP contribution is -2.57. The standard InChI is InChI=1S/C32H48O5/c1-19(27(35)36)8-9-23(37-21(3)33)20(2)22-12-14-30(7)25-11-10-24-28(4,5)26(34)13-15-31(24)18-32(25,31)17-16-29(22,30)6/h8,20,22-25H,9-18H2,1-7H3,(H,35,36)/b19-8-/t20-,22+,23+,24-,25-,29+,30-,31+,32-/m0/s1. The Morgan fingerprint density at radius 2 is 1.62 bits per heavy atom. The number of Topliss-reactive ketones (excluding diaryl/α,β-unsaturated/α-hetero) is 1. The van der Waals surface area contributed by atoms with Gasteiger partial charge in [-0.25, -0.2) is 4.79 Å². The Hall–Kier alpha value is -1.65. The number of ketones is 1. The molecule has 5 saturated carbocycles. The van der Waals surface area contributed by atoms with E-state index in [2.05, 4.69) is 34.6 Å². The largest absolute Gasteiger partial charge is 0.478 e. The van der Waals surface area contributed by atoms with Crippen molar-refractivity contribution < 1.29 is 24.2 Å². The average Bonchev–Trinajstić information content (AvgIpc) is 3.41. The van der Waals surface area contributed by atoms with Crippen molar-refractivity contribution in [2.75, 3.05) is 0 Å². The molecule has 0 aliphatic heterocycles. The van der Waals surface area contributed by atoms with Gasteiger partial charge in [-0.1, -0.05) is 40.7 Å². The van der Waals surface area contributed by atoms with Gasteiger partial charge >= 0.3 is 11.9 Å². The summed E-state index contributed by atoms with van der Waals surface area (Å²) in [5, 5.41) is 9.33. The second-order valence-corrected chi connectivity index (χ2v) is 14.7. The molecule has 1 N–H and O–H groups in total. The van der Waals surface area contributed by atoms with Crippen LogP contribution < -0.4 is 0 Å². The molecule has 206 valence electrons. The maximum absolute atomic E-state index is 12.9. The maximum Gasteiger partial charge on any atom is 0.330 e. The SMILES string of the molecule is CC(=O)O[C@H](C/C=C(/C)C(=O)O)[C@@H](C)[C@H]1CC[C@@]2(C)[C@@H]3CC[C@H]4C(C)(C)C(=O)CC[C@@]45C[C@@]35CC[C@]12C. The highest BCUT2D eigenvalue weighted by molar-refractivity contribution is 5.86. The van der Waals surface area contributed by atoms with Gasteiger partial charge in [0.05, 0.1) is 0 Å². The number of fused-ring (bicyclic) bond motifs is 2. The molecule has 37 heavy (non-hydrogen) atoms. The van der Waals surface area contributed by atoms with Crippen molar-refractivity contribution in [3.05, 3.63) is 11.6 Å². The summed E-state index contributed by atoms with van der Waals surface area (Å²) in [5.74, 6) is 1.12. The van der Waals surface area contributed by atoms with Crippen LogP contribution >= 0.6 is 0 Å². The van der Waals surface area contributed by atoms with Gasteiger partial charge in [0.15, 0.2) is 0 Å². The van der Waals surface area contributed by atoms with Crippen molar-refractivity contribution in [1.29, 1.82) is 0 Å². The fourth-order valence-electron chi connectivity index (χ4n) is 11.3. The zero-order valence-corrected chi connectivity index (χ0v) is 24.1. The number of carbonyl (C=O) groups excluding carboxylic acids is 2. The molecule has 5 heteroatoms. The fraction of sp³-hybridized carbons (Fsp3) is 0.844. The van der Waals surface area contributed by atoms with E-state index in [9.17, 15) is 19.5 Å². The summed E-state index contributed by atoms with van der Waals surface area (Å²) in [5.41, 5.74) is 1.33. The number of hydrogen-bond acceptors (Lipinski definition) is 4. The maximum atomic E-state index is 12.9. The Morgan fingerprint density at radius 3 is 2.27 bits per heavy atom. The lowest BCUT2D eigenvalue weighted by molar-refractivity contribution is -0.162. The molecule has 0 radical (unpaired) electrons. The van der Waals surface area contributed by atoms with E-state index in [-0.39, 0.29) is 34.2 Å². The third-order valence-corrected chi connectivity index (χ3v) is 13.5. The number of carboxylic acid groups (broad SMARTS) is 1. The number of aliphatic carboxylic acids is 1. The summed E-state index contributed by atoms with van der Waals surface area (Å²) < 4.78 is 5.84. The van der Waals surface area contributed by atoms with Crippen LogP contribution in [0.1, 0.15) is 113 Å². The first kappa shape index (κ1) is 26.9. The van der Waals surface area contributed by atoms with E-state index in [0.717, 1.165) is 19.3 Å². The normalized spacial score (nSPS) is 45.5. The van der Waals surface area contributed by atoms with E-state index in [0.29, 0.717) is 46.4 Å². The lowest BCUT2D eigenvalue weighted by Gasteiger charge is -2.62. The molecule has 9 atom stereocenters. The van der Waals surface area contributed by atoms with Crippen LogP contribution in [0.4, 0.5) is 0 Å². The Bertz CT molecular complexity index is 1040. The second kappa shape index (κ2) is 8.42. The molecule has 0 unspecified atom stereocenters. The minimum Gasteiger partial charge on any atom is -0.478 e. The minimum absolute atomic E-state index is 0.165. The number of hydrogen-bond donors (Lipinski definition) is 1. The summed E-state index contributed by atoms with van der Waals surface area (Å²) >= 11 is 0. The summed E-state index contributed by atoms with van der Waals surface area (Å²) in [4.78, 5) is 36.3. The lowest BCUT2D eigenvalue weighted by atomic mass is 9.42. The average molecular weight is 513 g/mol. The molecule has 0 aromatic carbocycles. The molecule has 0 amide bonds. The molecule has 0 heterocycles. The topological polar surface area (TPSA) is 80.7 Å². The number of esters is 1. The molecule has 5 aliphatic carbocycles. The Kier molecular flexibility index (Phi) is 6.13. The zero-order chi connectivity index (χ0) is 27.2. The van der Waals surface area contributed by atoms with Crippen molar-refractivity contribution >= 4 is 17.7 Å². The molecular weight excluding hydrogens is 464 g/mol. The molecule has 5 aliphatic rings. The Balaban J connectivity index is 1.42. The van der Waals surface area contributed by atoms with Gasteiger partial charge in [0.1, 0.15) is 11.9 Å². The van der Waals surface area contributed by atoms with Gasteiger partial charge in [-0.05, 0) is 104 Å². The second-order valence-electron chi connectivity index (χ2n) is 14.7. The number of carbonyl (C=O) groups is 3. The highest BCUT2D eigenvalue weighted by Crippen LogP contribution is 2.88. The van der Waals surface area contributed by atoms with Crippen LogP contribution in [-0.4, -0.2) is 28.9 Å². The van der Waals surface area contributed by atoms with E-state index in [1.165, 1.54) is 45.4 Å². The number of rotatable bonds is 6. The molecule has 5 rings (SSSR count). The van der Waals surface area contributed by atoms with Gasteiger partial charge in [0.25, 0.3) is 0 Å². The molecule has 5 nitrogen and oxygen atoms in total. The summed E-state index contributed by atoms with van der Waals surface area (Å²) in [6, 6.07) is 0. The monoisotopic (exact) mass is 512 g/mol. The van der Waals surface area contributed by atoms with Crippen LogP contribution in [0.25, 0.3) is 0 Å². The van der Waals surface area contributed by atoms with Gasteiger partial charge < -0.3 is 9.84 Å². The third-order valence-electron chi connectivity index (χ3n) is 13.5. The van der Waals surface area contributed by atoms with Crippen molar-refractivity contribution in [2.45, 2.75) is 119 Å². The van der Waals surface area contributed by atoms with Crippen LogP contribution in [0.15, 0.2) is 11.6 Å². The van der Waals surface area contributed by atoms with E-state index >= 15 is 0 Å². The van der Waals surface area contributed by atoms with Gasteiger partial charge in [-0.3, -0.25) is 9.59 Å². The molecule has 0 bridgehead atoms. The fourth-order valence-corrected chi connectivity index (χ4v) is 11.3. The molecular formula is C32H48O5. The molecule has 0 aromatic heterocycles. The van der Waals surface area contributed by atoms with E-state index in [1.54, 1.807) is 13.0 Å². The van der Waals surface area contributed by atoms with Crippen LogP contribution in [0.3, 0.4) is 0 Å². The van der Waals surface area contributed by atoms with Crippen LogP contribution in [0, 0.1) is 50.7 Å². The van der Waals surface area contributed by atoms with Gasteiger partial charge in [-0.2, -0.15) is 0 Å². The molecule has 2 spiro atoms. The zero-order valence-electron chi connectivity index (χ0n) is 24.1. The van der Waals surface area contributed by atoms with Crippen molar-refractivity contribution in [3.8, 4) is 0 Å². The highest BCUT2D eigenvalue weighted by Gasteiger charge is 2.82. The third kappa shape index (κ3) is 3.50. The van der Waals surface area contributed by atoms with E-state index in [1.807, 2.05) is 0 Å². The van der Waals surface area contributed by atoms with Gasteiger partial charge in [0.2, 0.25) is 0 Å². The summed E-state index contributed by atoms with van der Waals surface area (Å²) in [6.45, 7) is 14.8. The van der Waals surface area contributed by atoms with Gasteiger partial charge in [-0.15, -0.1) is 0 Å². The predicted octanol–water partition coefficient (Wildman–Crippen LogP) is 6.98. The molecule has 0 saturated heterocycles. The number of ether oxygens (including phenoxy) is 1. The quantitative estimate of drug-likeness (QED) is 0.307. The molecule has 0 aromatic rings. The van der Waals surface area contributed by atoms with Crippen molar-refractivity contribution in [2.24, 2.45) is 50.7 Å². The van der Waals surface area contributed by atoms with E-state index < -0.39 is 5.97 Å². The summed E-state index contributed by atoms with van der Waals surface area (Å²) in [6.07, 6.45) is 12.3. The van der Waals surface area contributed by atoms with Crippen molar-refractivity contribution in [1.82, 2.24) is 0 Å². The van der Waals surface area contributed by atoms with Crippen molar-refractivity contribution in [3.63, 3.8) is 0 Å². The van der Waals surface area contributed by atoms with Crippen LogP contribution in [0.5, 0.6) is 0 Å². The van der Waals surface area contributed by atoms with Gasteiger partial charge in [0, 0.05) is 30.8 Å². The first-order chi connectivity index (χ1) is 17.2. The van der Waals surface area contributed by atoms with E-state index in [4.69, 9.17) is 4.74 Å². The Morgan fingerprint density at radius 1 is 0.973 bits per heavy atom. The Labute approximate surface area is 223 Å². The minimum atomic E-state index is -0.922. The number of carboxylic acids is 1.